The second kappa shape index (κ2) is 10.0. The number of rotatable bonds is 9. The van der Waals surface area contributed by atoms with Crippen molar-refractivity contribution >= 4 is 12.2 Å². The van der Waals surface area contributed by atoms with E-state index in [1.54, 1.807) is 0 Å². The van der Waals surface area contributed by atoms with Crippen LogP contribution in [0, 0.1) is 11.8 Å². The molecule has 1 N–H and O–H groups in total. The van der Waals surface area contributed by atoms with Crippen molar-refractivity contribution in [3.8, 4) is 0 Å². The summed E-state index contributed by atoms with van der Waals surface area (Å²) in [7, 11) is 2.27. The molecular formula is C23H37N2O2+. The average molecular weight is 374 g/mol. The van der Waals surface area contributed by atoms with Gasteiger partial charge in [-0.3, -0.25) is 4.79 Å². The molecule has 4 heteroatoms. The molecule has 1 atom stereocenters. The predicted octanol–water partition coefficient (Wildman–Crippen LogP) is 3.55. The zero-order chi connectivity index (χ0) is 19.9. The lowest BCUT2D eigenvalue weighted by Crippen LogP contribution is -2.51. The summed E-state index contributed by atoms with van der Waals surface area (Å²) in [5.74, 6) is 0.883. The Bertz CT molecular complexity index is 601. The number of likely N-dealkylation sites (tertiary alicyclic amines) is 1. The molecule has 1 amide bonds. The maximum atomic E-state index is 12.5. The summed E-state index contributed by atoms with van der Waals surface area (Å²) in [6.07, 6.45) is 5.16. The summed E-state index contributed by atoms with van der Waals surface area (Å²) in [4.78, 5) is 23.4. The Morgan fingerprint density at radius 1 is 1.19 bits per heavy atom. The van der Waals surface area contributed by atoms with E-state index in [1.165, 1.54) is 5.56 Å². The third-order valence-corrected chi connectivity index (χ3v) is 5.96. The summed E-state index contributed by atoms with van der Waals surface area (Å²) in [6, 6.07) is 8.47. The molecule has 1 saturated heterocycles. The molecule has 0 aliphatic carbocycles. The highest BCUT2D eigenvalue weighted by Crippen LogP contribution is 2.21. The van der Waals surface area contributed by atoms with E-state index in [-0.39, 0.29) is 17.7 Å². The van der Waals surface area contributed by atoms with Crippen LogP contribution >= 0.6 is 0 Å². The molecule has 0 spiro atoms. The number of aldehydes is 1. The summed E-state index contributed by atoms with van der Waals surface area (Å²) < 4.78 is 1.02. The van der Waals surface area contributed by atoms with Gasteiger partial charge in [0.1, 0.15) is 6.29 Å². The molecule has 2 rings (SSSR count). The molecule has 1 aromatic carbocycles. The zero-order valence-electron chi connectivity index (χ0n) is 17.5. The lowest BCUT2D eigenvalue weighted by Gasteiger charge is -2.39. The van der Waals surface area contributed by atoms with Gasteiger partial charge in [0.25, 0.3) is 0 Å². The van der Waals surface area contributed by atoms with Gasteiger partial charge in [-0.15, -0.1) is 0 Å². The van der Waals surface area contributed by atoms with Gasteiger partial charge in [0, 0.05) is 31.7 Å². The van der Waals surface area contributed by atoms with Gasteiger partial charge in [0.15, 0.2) is 0 Å². The lowest BCUT2D eigenvalue weighted by atomic mass is 9.96. The van der Waals surface area contributed by atoms with Gasteiger partial charge in [-0.05, 0) is 30.4 Å². The standard InChI is InChI=1S/C23H36N2O2/c1-18(2)16-20-6-8-22(9-7-20)19(3)23(27)24-12-5-13-25(4)14-10-21(17-26)11-15-25/h6-9,17-19,21H,5,10-16H2,1-4H3/p+1/t19-,21?,25?/m1/s1. The van der Waals surface area contributed by atoms with Crippen LogP contribution in [0.1, 0.15) is 57.1 Å². The number of hydrogen-bond donors (Lipinski definition) is 1. The largest absolute Gasteiger partial charge is 0.355 e. The van der Waals surface area contributed by atoms with Crippen LogP contribution in [0.5, 0.6) is 0 Å². The number of amides is 1. The minimum absolute atomic E-state index is 0.105. The number of carbonyl (C=O) groups is 2. The van der Waals surface area contributed by atoms with E-state index in [1.807, 2.05) is 6.92 Å². The smallest absolute Gasteiger partial charge is 0.227 e. The molecule has 0 radical (unpaired) electrons. The van der Waals surface area contributed by atoms with Crippen molar-refractivity contribution in [1.29, 1.82) is 0 Å². The number of nitrogens with one attached hydrogen (secondary N) is 1. The Hall–Kier alpha value is -1.68. The Morgan fingerprint density at radius 3 is 2.37 bits per heavy atom. The first kappa shape index (κ1) is 21.6. The van der Waals surface area contributed by atoms with Crippen LogP contribution in [0.2, 0.25) is 0 Å². The highest BCUT2D eigenvalue weighted by atomic mass is 16.1. The molecular weight excluding hydrogens is 336 g/mol. The first-order valence-electron chi connectivity index (χ1n) is 10.5. The number of piperidine rings is 1. The highest BCUT2D eigenvalue weighted by Gasteiger charge is 2.29. The summed E-state index contributed by atoms with van der Waals surface area (Å²) >= 11 is 0. The first-order valence-corrected chi connectivity index (χ1v) is 10.5. The fourth-order valence-corrected chi connectivity index (χ4v) is 3.96. The Kier molecular flexibility index (Phi) is 8.03. The topological polar surface area (TPSA) is 46.2 Å². The Labute approximate surface area is 164 Å². The lowest BCUT2D eigenvalue weighted by molar-refractivity contribution is -0.914. The molecule has 27 heavy (non-hydrogen) atoms. The van der Waals surface area contributed by atoms with Gasteiger partial charge in [-0.2, -0.15) is 0 Å². The van der Waals surface area contributed by atoms with Crippen LogP contribution in [0.25, 0.3) is 0 Å². The van der Waals surface area contributed by atoms with Crippen LogP contribution in [-0.2, 0) is 16.0 Å². The van der Waals surface area contributed by atoms with Crippen LogP contribution in [0.4, 0.5) is 0 Å². The van der Waals surface area contributed by atoms with Crippen LogP contribution in [-0.4, -0.2) is 49.9 Å². The van der Waals surface area contributed by atoms with Crippen molar-refractivity contribution < 1.29 is 14.1 Å². The molecule has 0 unspecified atom stereocenters. The van der Waals surface area contributed by atoms with Gasteiger partial charge in [-0.25, -0.2) is 0 Å². The van der Waals surface area contributed by atoms with E-state index in [0.717, 1.165) is 68.2 Å². The molecule has 150 valence electrons. The van der Waals surface area contributed by atoms with E-state index in [0.29, 0.717) is 5.92 Å². The SMILES string of the molecule is CC(C)Cc1ccc([C@@H](C)C(=O)NCCC[N+]2(C)CCC(C=O)CC2)cc1. The molecule has 1 fully saturated rings. The van der Waals surface area contributed by atoms with Gasteiger partial charge in [0.05, 0.1) is 32.6 Å². The Morgan fingerprint density at radius 2 is 1.81 bits per heavy atom. The van der Waals surface area contributed by atoms with Crippen LogP contribution in [0.15, 0.2) is 24.3 Å². The minimum Gasteiger partial charge on any atom is -0.355 e. The van der Waals surface area contributed by atoms with Crippen molar-refractivity contribution in [3.05, 3.63) is 35.4 Å². The van der Waals surface area contributed by atoms with E-state index in [2.05, 4.69) is 50.5 Å². The van der Waals surface area contributed by atoms with Crippen LogP contribution in [0.3, 0.4) is 0 Å². The van der Waals surface area contributed by atoms with E-state index in [4.69, 9.17) is 0 Å². The maximum absolute atomic E-state index is 12.5. The maximum Gasteiger partial charge on any atom is 0.227 e. The number of carbonyl (C=O) groups excluding carboxylic acids is 2. The molecule has 0 bridgehead atoms. The molecule has 1 heterocycles. The van der Waals surface area contributed by atoms with Crippen LogP contribution < -0.4 is 5.32 Å². The molecule has 1 aromatic rings. The van der Waals surface area contributed by atoms with Gasteiger partial charge >= 0.3 is 0 Å². The van der Waals surface area contributed by atoms with E-state index >= 15 is 0 Å². The molecule has 4 nitrogen and oxygen atoms in total. The predicted molar refractivity (Wildman–Crippen MR) is 111 cm³/mol. The summed E-state index contributed by atoms with van der Waals surface area (Å²) in [6.45, 7) is 10.3. The molecule has 1 aliphatic heterocycles. The highest BCUT2D eigenvalue weighted by molar-refractivity contribution is 5.83. The van der Waals surface area contributed by atoms with E-state index < -0.39 is 0 Å². The van der Waals surface area contributed by atoms with Gasteiger partial charge in [0.2, 0.25) is 5.91 Å². The second-order valence-electron chi connectivity index (χ2n) is 8.97. The number of hydrogen-bond acceptors (Lipinski definition) is 2. The van der Waals surface area contributed by atoms with Crippen molar-refractivity contribution in [1.82, 2.24) is 5.32 Å². The fourth-order valence-electron chi connectivity index (χ4n) is 3.96. The minimum atomic E-state index is -0.119. The van der Waals surface area contributed by atoms with E-state index in [9.17, 15) is 9.59 Å². The van der Waals surface area contributed by atoms with Crippen molar-refractivity contribution in [2.24, 2.45) is 11.8 Å². The van der Waals surface area contributed by atoms with Gasteiger partial charge < -0.3 is 14.6 Å². The number of quaternary nitrogens is 1. The zero-order valence-corrected chi connectivity index (χ0v) is 17.5. The number of benzene rings is 1. The fraction of sp³-hybridized carbons (Fsp3) is 0.652. The van der Waals surface area contributed by atoms with Crippen molar-refractivity contribution in [2.45, 2.75) is 52.4 Å². The monoisotopic (exact) mass is 373 g/mol. The molecule has 0 saturated carbocycles. The summed E-state index contributed by atoms with van der Waals surface area (Å²) in [5.41, 5.74) is 2.41. The van der Waals surface area contributed by atoms with Crippen molar-refractivity contribution in [2.75, 3.05) is 33.2 Å². The first-order chi connectivity index (χ1) is 12.8. The molecule has 1 aliphatic rings. The normalized spacial score (nSPS) is 23.8. The quantitative estimate of drug-likeness (QED) is 0.409. The van der Waals surface area contributed by atoms with Gasteiger partial charge in [-0.1, -0.05) is 38.1 Å². The summed E-state index contributed by atoms with van der Waals surface area (Å²) in [5, 5.41) is 3.10. The average Bonchev–Trinajstić information content (AvgIpc) is 2.65. The third-order valence-electron chi connectivity index (χ3n) is 5.96. The Balaban J connectivity index is 1.72. The molecule has 0 aromatic heterocycles. The number of nitrogens with zero attached hydrogens (tertiary/aromatic N) is 1. The van der Waals surface area contributed by atoms with Crippen molar-refractivity contribution in [3.63, 3.8) is 0 Å². The second-order valence-corrected chi connectivity index (χ2v) is 8.97. The third kappa shape index (κ3) is 6.76.